The molecule has 1 aliphatic heterocycles. The first-order chi connectivity index (χ1) is 11.1. The first-order valence-corrected chi connectivity index (χ1v) is 8.17. The van der Waals surface area contributed by atoms with Crippen molar-refractivity contribution in [3.8, 4) is 5.75 Å². The molecule has 23 heavy (non-hydrogen) atoms. The van der Waals surface area contributed by atoms with Crippen LogP contribution >= 0.6 is 11.6 Å². The number of amides is 1. The maximum absolute atomic E-state index is 12.8. The molecule has 0 unspecified atom stereocenters. The van der Waals surface area contributed by atoms with Crippen molar-refractivity contribution < 1.29 is 9.90 Å². The molecule has 5 heteroatoms. The smallest absolute Gasteiger partial charge is 0.255 e. The number of para-hydroxylation sites is 1. The number of rotatable bonds is 3. The van der Waals surface area contributed by atoms with E-state index in [9.17, 15) is 9.90 Å². The number of benzene rings is 2. The van der Waals surface area contributed by atoms with Crippen molar-refractivity contribution in [1.82, 2.24) is 4.90 Å². The molecule has 1 amide bonds. The lowest BCUT2D eigenvalue weighted by molar-refractivity contribution is 0.0725. The number of nitrogens with one attached hydrogen (secondary N) is 1. The minimum atomic E-state index is 0.0369. The summed E-state index contributed by atoms with van der Waals surface area (Å²) in [6, 6.07) is 12.4. The van der Waals surface area contributed by atoms with E-state index in [0.29, 0.717) is 5.56 Å². The van der Waals surface area contributed by atoms with Gasteiger partial charge in [-0.05, 0) is 49.6 Å². The molecule has 2 N–H and O–H groups in total. The van der Waals surface area contributed by atoms with Crippen LogP contribution in [0.5, 0.6) is 5.75 Å². The lowest BCUT2D eigenvalue weighted by Gasteiger charge is -2.27. The third-order valence-corrected chi connectivity index (χ3v) is 4.33. The van der Waals surface area contributed by atoms with E-state index in [1.165, 1.54) is 12.5 Å². The maximum Gasteiger partial charge on any atom is 0.255 e. The van der Waals surface area contributed by atoms with Crippen LogP contribution in [0.25, 0.3) is 0 Å². The number of likely N-dealkylation sites (tertiary alicyclic amines) is 1. The van der Waals surface area contributed by atoms with Gasteiger partial charge in [0.15, 0.2) is 0 Å². The van der Waals surface area contributed by atoms with Gasteiger partial charge in [0.25, 0.3) is 5.91 Å². The molecule has 120 valence electrons. The highest BCUT2D eigenvalue weighted by atomic mass is 35.5. The fourth-order valence-electron chi connectivity index (χ4n) is 2.79. The van der Waals surface area contributed by atoms with Gasteiger partial charge in [-0.3, -0.25) is 4.79 Å². The minimum Gasteiger partial charge on any atom is -0.506 e. The molecule has 0 spiro atoms. The van der Waals surface area contributed by atoms with Crippen molar-refractivity contribution in [3.05, 3.63) is 53.1 Å². The summed E-state index contributed by atoms with van der Waals surface area (Å²) in [6.45, 7) is 1.64. The molecule has 1 heterocycles. The molecule has 0 saturated carbocycles. The Labute approximate surface area is 140 Å². The molecule has 1 aliphatic rings. The van der Waals surface area contributed by atoms with E-state index < -0.39 is 0 Å². The Balaban J connectivity index is 1.85. The summed E-state index contributed by atoms with van der Waals surface area (Å²) in [5.41, 5.74) is 2.12. The van der Waals surface area contributed by atoms with Crippen molar-refractivity contribution in [2.24, 2.45) is 0 Å². The first kappa shape index (κ1) is 15.7. The van der Waals surface area contributed by atoms with Crippen LogP contribution < -0.4 is 5.32 Å². The van der Waals surface area contributed by atoms with Gasteiger partial charge in [-0.15, -0.1) is 0 Å². The molecule has 0 aliphatic carbocycles. The number of aromatic hydroxyl groups is 1. The zero-order chi connectivity index (χ0) is 16.2. The van der Waals surface area contributed by atoms with E-state index in [0.717, 1.165) is 37.3 Å². The second kappa shape index (κ2) is 6.92. The predicted octanol–water partition coefficient (Wildman–Crippen LogP) is 4.42. The van der Waals surface area contributed by atoms with Gasteiger partial charge in [-0.2, -0.15) is 0 Å². The van der Waals surface area contributed by atoms with Gasteiger partial charge < -0.3 is 15.3 Å². The third kappa shape index (κ3) is 3.59. The lowest BCUT2D eigenvalue weighted by Crippen LogP contribution is -2.35. The average Bonchev–Trinajstić information content (AvgIpc) is 2.59. The van der Waals surface area contributed by atoms with Gasteiger partial charge in [0, 0.05) is 18.8 Å². The number of phenolic OH excluding ortho intramolecular Hbond substituents is 1. The summed E-state index contributed by atoms with van der Waals surface area (Å²) in [5, 5.41) is 13.0. The molecule has 4 nitrogen and oxygen atoms in total. The molecule has 0 atom stereocenters. The fraction of sp³-hybridized carbons (Fsp3) is 0.278. The van der Waals surface area contributed by atoms with Gasteiger partial charge in [-0.25, -0.2) is 0 Å². The van der Waals surface area contributed by atoms with Crippen LogP contribution in [-0.2, 0) is 0 Å². The van der Waals surface area contributed by atoms with Gasteiger partial charge in [0.2, 0.25) is 0 Å². The number of anilines is 2. The van der Waals surface area contributed by atoms with E-state index in [-0.39, 0.29) is 16.7 Å². The average molecular weight is 331 g/mol. The summed E-state index contributed by atoms with van der Waals surface area (Å²) < 4.78 is 0. The molecule has 2 aromatic carbocycles. The van der Waals surface area contributed by atoms with Crippen LogP contribution in [-0.4, -0.2) is 29.0 Å². The standard InChI is InChI=1S/C18H19ClN2O2/c19-15-12-13(8-9-17(15)22)20-16-7-3-2-6-14(16)18(23)21-10-4-1-5-11-21/h2-3,6-9,12,20,22H,1,4-5,10-11H2. The van der Waals surface area contributed by atoms with E-state index in [1.54, 1.807) is 12.1 Å². The van der Waals surface area contributed by atoms with Crippen molar-refractivity contribution >= 4 is 28.9 Å². The molecule has 2 aromatic rings. The van der Waals surface area contributed by atoms with Crippen LogP contribution in [0, 0.1) is 0 Å². The van der Waals surface area contributed by atoms with Crippen LogP contribution in [0.3, 0.4) is 0 Å². The summed E-state index contributed by atoms with van der Waals surface area (Å²) in [7, 11) is 0. The number of phenols is 1. The van der Waals surface area contributed by atoms with E-state index in [1.807, 2.05) is 29.2 Å². The van der Waals surface area contributed by atoms with E-state index in [4.69, 9.17) is 11.6 Å². The van der Waals surface area contributed by atoms with E-state index >= 15 is 0 Å². The van der Waals surface area contributed by atoms with Crippen LogP contribution in [0.2, 0.25) is 5.02 Å². The van der Waals surface area contributed by atoms with Crippen molar-refractivity contribution in [2.45, 2.75) is 19.3 Å². The Kier molecular flexibility index (Phi) is 4.72. The Morgan fingerprint density at radius 2 is 1.83 bits per heavy atom. The monoisotopic (exact) mass is 330 g/mol. The predicted molar refractivity (Wildman–Crippen MR) is 92.6 cm³/mol. The maximum atomic E-state index is 12.8. The Morgan fingerprint density at radius 3 is 2.57 bits per heavy atom. The lowest BCUT2D eigenvalue weighted by atomic mass is 10.1. The SMILES string of the molecule is O=C(c1ccccc1Nc1ccc(O)c(Cl)c1)N1CCCCC1. The Hall–Kier alpha value is -2.20. The van der Waals surface area contributed by atoms with E-state index in [2.05, 4.69) is 5.32 Å². The number of hydrogen-bond donors (Lipinski definition) is 2. The summed E-state index contributed by atoms with van der Waals surface area (Å²) in [5.74, 6) is 0.0903. The number of piperidine rings is 1. The zero-order valence-corrected chi connectivity index (χ0v) is 13.5. The molecular weight excluding hydrogens is 312 g/mol. The topological polar surface area (TPSA) is 52.6 Å². The van der Waals surface area contributed by atoms with Crippen molar-refractivity contribution in [2.75, 3.05) is 18.4 Å². The summed E-state index contributed by atoms with van der Waals surface area (Å²) >= 11 is 5.94. The largest absolute Gasteiger partial charge is 0.506 e. The normalized spacial score (nSPS) is 14.6. The third-order valence-electron chi connectivity index (χ3n) is 4.03. The van der Waals surface area contributed by atoms with Gasteiger partial charge >= 0.3 is 0 Å². The second-order valence-electron chi connectivity index (χ2n) is 5.69. The number of halogens is 1. The highest BCUT2D eigenvalue weighted by molar-refractivity contribution is 6.32. The second-order valence-corrected chi connectivity index (χ2v) is 6.10. The van der Waals surface area contributed by atoms with Crippen molar-refractivity contribution in [3.63, 3.8) is 0 Å². The highest BCUT2D eigenvalue weighted by Crippen LogP contribution is 2.29. The molecular formula is C18H19ClN2O2. The molecule has 0 aromatic heterocycles. The summed E-state index contributed by atoms with van der Waals surface area (Å²) in [6.07, 6.45) is 3.32. The summed E-state index contributed by atoms with van der Waals surface area (Å²) in [4.78, 5) is 14.7. The molecule has 0 bridgehead atoms. The number of hydrogen-bond acceptors (Lipinski definition) is 3. The first-order valence-electron chi connectivity index (χ1n) is 7.79. The number of carbonyl (C=O) groups excluding carboxylic acids is 1. The quantitative estimate of drug-likeness (QED) is 0.819. The van der Waals surface area contributed by atoms with Gasteiger partial charge in [0.05, 0.1) is 16.3 Å². The van der Waals surface area contributed by atoms with Crippen molar-refractivity contribution in [1.29, 1.82) is 0 Å². The Bertz CT molecular complexity index is 712. The van der Waals surface area contributed by atoms with Crippen LogP contribution in [0.1, 0.15) is 29.6 Å². The number of nitrogens with zero attached hydrogens (tertiary/aromatic N) is 1. The molecule has 1 fully saturated rings. The van der Waals surface area contributed by atoms with Crippen LogP contribution in [0.4, 0.5) is 11.4 Å². The van der Waals surface area contributed by atoms with Crippen LogP contribution in [0.15, 0.2) is 42.5 Å². The molecule has 3 rings (SSSR count). The molecule has 1 saturated heterocycles. The minimum absolute atomic E-state index is 0.0369. The zero-order valence-electron chi connectivity index (χ0n) is 12.8. The fourth-order valence-corrected chi connectivity index (χ4v) is 2.97. The van der Waals surface area contributed by atoms with Gasteiger partial charge in [-0.1, -0.05) is 23.7 Å². The van der Waals surface area contributed by atoms with Gasteiger partial charge in [0.1, 0.15) is 5.75 Å². The Morgan fingerprint density at radius 1 is 1.09 bits per heavy atom. The highest BCUT2D eigenvalue weighted by Gasteiger charge is 2.20. The number of carbonyl (C=O) groups is 1. The molecule has 0 radical (unpaired) electrons.